The monoisotopic (exact) mass is 301 g/mol. The average molecular weight is 302 g/mol. The Morgan fingerprint density at radius 1 is 1.20 bits per heavy atom. The molecule has 0 spiro atoms. The first-order valence-electron chi connectivity index (χ1n) is 7.40. The molecule has 0 aromatic heterocycles. The molecule has 1 atom stereocenters. The molecule has 1 N–H and O–H groups in total. The summed E-state index contributed by atoms with van der Waals surface area (Å²) in [5.41, 5.74) is 0.410. The zero-order chi connectivity index (χ0) is 14.7. The largest absolute Gasteiger partial charge is 0.310 e. The Bertz CT molecular complexity index is 456. The standard InChI is InChI=1S/C16H22ClF2N/c1-3-20-16(11-6-4-10(2)5-7-11)12-8-15(19)13(17)9-14(12)18/h8-11,16,20H,3-7H2,1-2H3. The van der Waals surface area contributed by atoms with Crippen molar-refractivity contribution < 1.29 is 8.78 Å². The zero-order valence-corrected chi connectivity index (χ0v) is 12.8. The van der Waals surface area contributed by atoms with E-state index in [4.69, 9.17) is 11.6 Å². The molecule has 1 unspecified atom stereocenters. The van der Waals surface area contributed by atoms with Crippen molar-refractivity contribution in [3.8, 4) is 0 Å². The van der Waals surface area contributed by atoms with Crippen LogP contribution in [0.15, 0.2) is 12.1 Å². The van der Waals surface area contributed by atoms with E-state index in [-0.39, 0.29) is 11.1 Å². The fraction of sp³-hybridized carbons (Fsp3) is 0.625. The van der Waals surface area contributed by atoms with E-state index < -0.39 is 11.6 Å². The summed E-state index contributed by atoms with van der Waals surface area (Å²) in [7, 11) is 0. The number of halogens is 3. The van der Waals surface area contributed by atoms with Crippen LogP contribution in [0.3, 0.4) is 0 Å². The number of benzene rings is 1. The van der Waals surface area contributed by atoms with E-state index in [0.717, 1.165) is 44.2 Å². The molecule has 20 heavy (non-hydrogen) atoms. The molecule has 0 aliphatic heterocycles. The summed E-state index contributed by atoms with van der Waals surface area (Å²) in [6.07, 6.45) is 4.43. The van der Waals surface area contributed by atoms with Crippen molar-refractivity contribution in [1.82, 2.24) is 5.32 Å². The molecule has 112 valence electrons. The van der Waals surface area contributed by atoms with Gasteiger partial charge in [0.05, 0.1) is 5.02 Å². The summed E-state index contributed by atoms with van der Waals surface area (Å²) in [5, 5.41) is 3.17. The van der Waals surface area contributed by atoms with Crippen LogP contribution >= 0.6 is 11.6 Å². The van der Waals surface area contributed by atoms with Gasteiger partial charge in [-0.1, -0.05) is 38.3 Å². The van der Waals surface area contributed by atoms with Crippen LogP contribution in [0, 0.1) is 23.5 Å². The van der Waals surface area contributed by atoms with E-state index >= 15 is 0 Å². The lowest BCUT2D eigenvalue weighted by Gasteiger charge is -2.33. The van der Waals surface area contributed by atoms with Crippen molar-refractivity contribution in [3.63, 3.8) is 0 Å². The Labute approximate surface area is 124 Å². The molecule has 1 fully saturated rings. The second-order valence-corrected chi connectivity index (χ2v) is 6.25. The van der Waals surface area contributed by atoms with Crippen molar-refractivity contribution in [2.45, 2.75) is 45.6 Å². The highest BCUT2D eigenvalue weighted by Gasteiger charge is 2.29. The third-order valence-corrected chi connectivity index (χ3v) is 4.62. The van der Waals surface area contributed by atoms with Crippen LogP contribution in [-0.2, 0) is 0 Å². The minimum Gasteiger partial charge on any atom is -0.310 e. The Balaban J connectivity index is 2.26. The van der Waals surface area contributed by atoms with Crippen LogP contribution in [0.1, 0.15) is 51.1 Å². The Morgan fingerprint density at radius 3 is 2.45 bits per heavy atom. The maximum absolute atomic E-state index is 14.1. The molecule has 0 amide bonds. The van der Waals surface area contributed by atoms with Gasteiger partial charge in [0.25, 0.3) is 0 Å². The molecular formula is C16H22ClF2N. The van der Waals surface area contributed by atoms with Crippen LogP contribution in [0.25, 0.3) is 0 Å². The molecule has 0 heterocycles. The van der Waals surface area contributed by atoms with Gasteiger partial charge in [0, 0.05) is 11.6 Å². The van der Waals surface area contributed by atoms with Crippen molar-refractivity contribution in [2.24, 2.45) is 11.8 Å². The fourth-order valence-electron chi connectivity index (χ4n) is 3.15. The molecule has 1 aliphatic carbocycles. The normalized spacial score (nSPS) is 24.6. The summed E-state index contributed by atoms with van der Waals surface area (Å²) in [6.45, 7) is 4.98. The summed E-state index contributed by atoms with van der Waals surface area (Å²) in [4.78, 5) is 0. The van der Waals surface area contributed by atoms with E-state index in [1.807, 2.05) is 6.92 Å². The van der Waals surface area contributed by atoms with Crippen molar-refractivity contribution in [2.75, 3.05) is 6.54 Å². The third kappa shape index (κ3) is 3.50. The zero-order valence-electron chi connectivity index (χ0n) is 12.1. The summed E-state index contributed by atoms with van der Waals surface area (Å²) in [6, 6.07) is 2.21. The topological polar surface area (TPSA) is 12.0 Å². The van der Waals surface area contributed by atoms with Crippen molar-refractivity contribution in [3.05, 3.63) is 34.4 Å². The smallest absolute Gasteiger partial charge is 0.142 e. The number of rotatable bonds is 4. The molecule has 0 saturated heterocycles. The lowest BCUT2D eigenvalue weighted by atomic mass is 9.77. The first kappa shape index (κ1) is 15.7. The van der Waals surface area contributed by atoms with Gasteiger partial charge in [-0.25, -0.2) is 8.78 Å². The van der Waals surface area contributed by atoms with Gasteiger partial charge in [-0.2, -0.15) is 0 Å². The van der Waals surface area contributed by atoms with Gasteiger partial charge in [0.15, 0.2) is 0 Å². The predicted molar refractivity (Wildman–Crippen MR) is 78.9 cm³/mol. The Kier molecular flexibility index (Phi) is 5.39. The van der Waals surface area contributed by atoms with Crippen LogP contribution in [0.5, 0.6) is 0 Å². The van der Waals surface area contributed by atoms with Crippen LogP contribution in [0.4, 0.5) is 8.78 Å². The Hall–Kier alpha value is -0.670. The summed E-state index contributed by atoms with van der Waals surface area (Å²) < 4.78 is 27.8. The molecule has 1 aliphatic rings. The van der Waals surface area contributed by atoms with Gasteiger partial charge >= 0.3 is 0 Å². The highest BCUT2D eigenvalue weighted by atomic mass is 35.5. The van der Waals surface area contributed by atoms with Gasteiger partial charge in [0.2, 0.25) is 0 Å². The maximum Gasteiger partial charge on any atom is 0.142 e. The summed E-state index contributed by atoms with van der Waals surface area (Å²) >= 11 is 5.64. The minimum atomic E-state index is -0.546. The SMILES string of the molecule is CCNC(c1cc(F)c(Cl)cc1F)C1CCC(C)CC1. The predicted octanol–water partition coefficient (Wildman–Crippen LogP) is 5.10. The fourth-order valence-corrected chi connectivity index (χ4v) is 3.30. The van der Waals surface area contributed by atoms with Crippen LogP contribution < -0.4 is 5.32 Å². The van der Waals surface area contributed by atoms with E-state index in [1.165, 1.54) is 6.07 Å². The molecule has 4 heteroatoms. The number of hydrogen-bond donors (Lipinski definition) is 1. The molecule has 1 aromatic carbocycles. The molecule has 1 saturated carbocycles. The molecule has 0 radical (unpaired) electrons. The van der Waals surface area contributed by atoms with Gasteiger partial charge < -0.3 is 5.32 Å². The molecule has 1 aromatic rings. The van der Waals surface area contributed by atoms with Crippen LogP contribution in [-0.4, -0.2) is 6.54 Å². The van der Waals surface area contributed by atoms with Crippen molar-refractivity contribution >= 4 is 11.6 Å². The van der Waals surface area contributed by atoms with Gasteiger partial charge in [-0.3, -0.25) is 0 Å². The van der Waals surface area contributed by atoms with E-state index in [1.54, 1.807) is 0 Å². The maximum atomic E-state index is 14.1. The van der Waals surface area contributed by atoms with Crippen LogP contribution in [0.2, 0.25) is 5.02 Å². The lowest BCUT2D eigenvalue weighted by Crippen LogP contribution is -2.31. The molecular weight excluding hydrogens is 280 g/mol. The minimum absolute atomic E-state index is 0.126. The number of nitrogens with one attached hydrogen (secondary N) is 1. The average Bonchev–Trinajstić information content (AvgIpc) is 2.42. The molecule has 2 rings (SSSR count). The van der Waals surface area contributed by atoms with E-state index in [2.05, 4.69) is 12.2 Å². The van der Waals surface area contributed by atoms with E-state index in [0.29, 0.717) is 11.5 Å². The second kappa shape index (κ2) is 6.86. The van der Waals surface area contributed by atoms with Gasteiger partial charge in [-0.05, 0) is 43.4 Å². The highest BCUT2D eigenvalue weighted by molar-refractivity contribution is 6.30. The lowest BCUT2D eigenvalue weighted by molar-refractivity contribution is 0.230. The third-order valence-electron chi connectivity index (χ3n) is 4.33. The Morgan fingerprint density at radius 2 is 1.85 bits per heavy atom. The molecule has 0 bridgehead atoms. The van der Waals surface area contributed by atoms with E-state index in [9.17, 15) is 8.78 Å². The highest BCUT2D eigenvalue weighted by Crippen LogP contribution is 2.38. The first-order valence-corrected chi connectivity index (χ1v) is 7.78. The number of hydrogen-bond acceptors (Lipinski definition) is 1. The quantitative estimate of drug-likeness (QED) is 0.763. The first-order chi connectivity index (χ1) is 9.52. The van der Waals surface area contributed by atoms with Gasteiger partial charge in [0.1, 0.15) is 11.6 Å². The van der Waals surface area contributed by atoms with Crippen molar-refractivity contribution in [1.29, 1.82) is 0 Å². The molecule has 1 nitrogen and oxygen atoms in total. The summed E-state index contributed by atoms with van der Waals surface area (Å²) in [5.74, 6) is 0.137. The van der Waals surface area contributed by atoms with Gasteiger partial charge in [-0.15, -0.1) is 0 Å². The second-order valence-electron chi connectivity index (χ2n) is 5.84.